The predicted octanol–water partition coefficient (Wildman–Crippen LogP) is 2.50. The number of carbonyl (C=O) groups excluding carboxylic acids is 1. The highest BCUT2D eigenvalue weighted by Crippen LogP contribution is 2.28. The molecule has 2 rings (SSSR count). The van der Waals surface area contributed by atoms with Gasteiger partial charge in [-0.3, -0.25) is 9.63 Å². The Bertz CT molecular complexity index is 407. The zero-order chi connectivity index (χ0) is 11.5. The van der Waals surface area contributed by atoms with Gasteiger partial charge in [-0.2, -0.15) is 0 Å². The van der Waals surface area contributed by atoms with Crippen LogP contribution in [0.4, 0.5) is 4.39 Å². The van der Waals surface area contributed by atoms with Gasteiger partial charge in [0.05, 0.1) is 6.61 Å². The average Bonchev–Trinajstić information content (AvgIpc) is 3.06. The van der Waals surface area contributed by atoms with Gasteiger partial charge in [-0.05, 0) is 59.5 Å². The average molecular weight is 335 g/mol. The summed E-state index contributed by atoms with van der Waals surface area (Å²) in [6.45, 7) is 0.540. The van der Waals surface area contributed by atoms with Crippen LogP contribution in [0.5, 0.6) is 0 Å². The summed E-state index contributed by atoms with van der Waals surface area (Å²) >= 11 is 1.87. The maximum Gasteiger partial charge on any atom is 0.274 e. The Labute approximate surface area is 106 Å². The minimum Gasteiger partial charge on any atom is -0.273 e. The first-order chi connectivity index (χ1) is 7.66. The fourth-order valence-corrected chi connectivity index (χ4v) is 1.54. The number of rotatable bonds is 4. The molecular formula is C11H11FINO2. The number of hydrogen-bond donors (Lipinski definition) is 1. The van der Waals surface area contributed by atoms with Crippen LogP contribution in [0.25, 0.3) is 0 Å². The van der Waals surface area contributed by atoms with E-state index in [1.54, 1.807) is 12.1 Å². The van der Waals surface area contributed by atoms with Crippen LogP contribution in [-0.2, 0) is 4.84 Å². The molecule has 16 heavy (non-hydrogen) atoms. The molecule has 3 nitrogen and oxygen atoms in total. The SMILES string of the molecule is O=C(NOCC1CC1)c1ccc(I)c(F)c1. The molecule has 0 radical (unpaired) electrons. The minimum absolute atomic E-state index is 0.272. The second kappa shape index (κ2) is 5.09. The fourth-order valence-electron chi connectivity index (χ4n) is 1.21. The summed E-state index contributed by atoms with van der Waals surface area (Å²) in [4.78, 5) is 16.5. The summed E-state index contributed by atoms with van der Waals surface area (Å²) in [5.74, 6) is -0.222. The van der Waals surface area contributed by atoms with Crippen molar-refractivity contribution in [1.29, 1.82) is 0 Å². The monoisotopic (exact) mass is 335 g/mol. The zero-order valence-electron chi connectivity index (χ0n) is 8.50. The molecule has 1 N–H and O–H groups in total. The third kappa shape index (κ3) is 3.15. The number of benzene rings is 1. The Balaban J connectivity index is 1.88. The predicted molar refractivity (Wildman–Crippen MR) is 65.3 cm³/mol. The number of hydrogen-bond acceptors (Lipinski definition) is 2. The molecule has 1 saturated carbocycles. The summed E-state index contributed by atoms with van der Waals surface area (Å²) in [7, 11) is 0. The van der Waals surface area contributed by atoms with Gasteiger partial charge in [0.1, 0.15) is 5.82 Å². The van der Waals surface area contributed by atoms with Gasteiger partial charge in [-0.15, -0.1) is 0 Å². The van der Waals surface area contributed by atoms with Gasteiger partial charge in [0.25, 0.3) is 5.91 Å². The highest BCUT2D eigenvalue weighted by atomic mass is 127. The van der Waals surface area contributed by atoms with Crippen LogP contribution in [-0.4, -0.2) is 12.5 Å². The van der Waals surface area contributed by atoms with Gasteiger partial charge < -0.3 is 0 Å². The summed E-state index contributed by atoms with van der Waals surface area (Å²) in [6.07, 6.45) is 2.32. The molecule has 1 aliphatic carbocycles. The van der Waals surface area contributed by atoms with Crippen LogP contribution >= 0.6 is 22.6 Å². The normalized spacial score (nSPS) is 14.9. The van der Waals surface area contributed by atoms with Crippen LogP contribution in [0.1, 0.15) is 23.2 Å². The Morgan fingerprint density at radius 3 is 2.94 bits per heavy atom. The molecule has 0 bridgehead atoms. The summed E-state index contributed by atoms with van der Waals surface area (Å²) in [5.41, 5.74) is 2.58. The lowest BCUT2D eigenvalue weighted by Gasteiger charge is -2.05. The second-order valence-corrected chi connectivity index (χ2v) is 4.98. The Morgan fingerprint density at radius 2 is 2.31 bits per heavy atom. The van der Waals surface area contributed by atoms with Crippen LogP contribution in [0.3, 0.4) is 0 Å². The van der Waals surface area contributed by atoms with Crippen molar-refractivity contribution in [2.45, 2.75) is 12.8 Å². The van der Waals surface area contributed by atoms with Gasteiger partial charge in [0.2, 0.25) is 0 Å². The van der Waals surface area contributed by atoms with Crippen molar-refractivity contribution in [3.63, 3.8) is 0 Å². The van der Waals surface area contributed by atoms with E-state index in [-0.39, 0.29) is 5.56 Å². The topological polar surface area (TPSA) is 38.3 Å². The first kappa shape index (κ1) is 11.8. The minimum atomic E-state index is -0.407. The molecule has 1 amide bonds. The number of hydroxylamine groups is 1. The largest absolute Gasteiger partial charge is 0.274 e. The van der Waals surface area contributed by atoms with E-state index in [4.69, 9.17) is 4.84 Å². The number of halogens is 2. The first-order valence-corrected chi connectivity index (χ1v) is 6.12. The number of amides is 1. The fraction of sp³-hybridized carbons (Fsp3) is 0.364. The molecule has 1 aromatic carbocycles. The van der Waals surface area contributed by atoms with E-state index >= 15 is 0 Å². The Morgan fingerprint density at radius 1 is 1.56 bits per heavy atom. The van der Waals surface area contributed by atoms with E-state index < -0.39 is 11.7 Å². The molecule has 1 aromatic rings. The molecule has 0 atom stereocenters. The van der Waals surface area contributed by atoms with Crippen LogP contribution in [0.2, 0.25) is 0 Å². The third-order valence-electron chi connectivity index (χ3n) is 2.36. The van der Waals surface area contributed by atoms with E-state index in [0.29, 0.717) is 16.1 Å². The Kier molecular flexibility index (Phi) is 3.75. The third-order valence-corrected chi connectivity index (χ3v) is 3.24. The van der Waals surface area contributed by atoms with Gasteiger partial charge in [-0.1, -0.05) is 0 Å². The van der Waals surface area contributed by atoms with Crippen molar-refractivity contribution in [3.05, 3.63) is 33.1 Å². The molecule has 1 aliphatic rings. The van der Waals surface area contributed by atoms with E-state index in [2.05, 4.69) is 5.48 Å². The molecule has 0 saturated heterocycles. The standard InChI is InChI=1S/C11H11FINO2/c12-9-5-8(3-4-10(9)13)11(15)14-16-6-7-1-2-7/h3-5,7H,1-2,6H2,(H,14,15). The maximum absolute atomic E-state index is 13.2. The van der Waals surface area contributed by atoms with E-state index in [0.717, 1.165) is 12.8 Å². The molecule has 5 heteroatoms. The molecule has 0 unspecified atom stereocenters. The van der Waals surface area contributed by atoms with E-state index in [9.17, 15) is 9.18 Å². The smallest absolute Gasteiger partial charge is 0.273 e. The van der Waals surface area contributed by atoms with Crippen molar-refractivity contribution in [3.8, 4) is 0 Å². The molecule has 1 fully saturated rings. The molecular weight excluding hydrogens is 324 g/mol. The van der Waals surface area contributed by atoms with Crippen LogP contribution in [0.15, 0.2) is 18.2 Å². The van der Waals surface area contributed by atoms with Gasteiger partial charge in [0.15, 0.2) is 0 Å². The molecule has 0 aromatic heterocycles. The van der Waals surface area contributed by atoms with Crippen molar-refractivity contribution in [2.24, 2.45) is 5.92 Å². The van der Waals surface area contributed by atoms with Gasteiger partial charge in [-0.25, -0.2) is 9.87 Å². The molecule has 0 heterocycles. The highest BCUT2D eigenvalue weighted by Gasteiger charge is 2.21. The summed E-state index contributed by atoms with van der Waals surface area (Å²) < 4.78 is 13.7. The lowest BCUT2D eigenvalue weighted by molar-refractivity contribution is 0.0270. The number of carbonyl (C=O) groups is 1. The quantitative estimate of drug-likeness (QED) is 0.678. The second-order valence-electron chi connectivity index (χ2n) is 3.81. The van der Waals surface area contributed by atoms with Gasteiger partial charge in [0, 0.05) is 9.13 Å². The van der Waals surface area contributed by atoms with Crippen LogP contribution < -0.4 is 5.48 Å². The summed E-state index contributed by atoms with van der Waals surface area (Å²) in [6, 6.07) is 4.34. The van der Waals surface area contributed by atoms with E-state index in [1.807, 2.05) is 22.6 Å². The maximum atomic E-state index is 13.2. The molecule has 86 valence electrons. The number of nitrogens with one attached hydrogen (secondary N) is 1. The highest BCUT2D eigenvalue weighted by molar-refractivity contribution is 14.1. The van der Waals surface area contributed by atoms with E-state index in [1.165, 1.54) is 6.07 Å². The first-order valence-electron chi connectivity index (χ1n) is 5.04. The van der Waals surface area contributed by atoms with Crippen molar-refractivity contribution in [2.75, 3.05) is 6.61 Å². The van der Waals surface area contributed by atoms with Crippen molar-refractivity contribution >= 4 is 28.5 Å². The molecule has 0 spiro atoms. The Hall–Kier alpha value is -0.690. The lowest BCUT2D eigenvalue weighted by atomic mass is 10.2. The summed E-state index contributed by atoms with van der Waals surface area (Å²) in [5, 5.41) is 0. The zero-order valence-corrected chi connectivity index (χ0v) is 10.7. The lowest BCUT2D eigenvalue weighted by Crippen LogP contribution is -2.24. The van der Waals surface area contributed by atoms with Crippen molar-refractivity contribution in [1.82, 2.24) is 5.48 Å². The van der Waals surface area contributed by atoms with Crippen LogP contribution in [0, 0.1) is 15.3 Å². The molecule has 0 aliphatic heterocycles. The van der Waals surface area contributed by atoms with Gasteiger partial charge >= 0.3 is 0 Å². The van der Waals surface area contributed by atoms with Crippen molar-refractivity contribution < 1.29 is 14.0 Å².